The maximum atomic E-state index is 11.6. The zero-order valence-electron chi connectivity index (χ0n) is 14.2. The molecular formula is C22H18O3. The molecular weight excluding hydrogens is 312 g/mol. The molecule has 25 heavy (non-hydrogen) atoms. The summed E-state index contributed by atoms with van der Waals surface area (Å²) in [6.45, 7) is 2.87. The Labute approximate surface area is 146 Å². The third kappa shape index (κ3) is 3.50. The molecule has 124 valence electrons. The van der Waals surface area contributed by atoms with E-state index in [0.29, 0.717) is 5.76 Å². The SMILES string of the molecule is CC(=O)/C=C\C=C\C(OC(C)=O)=C1c2ccccc2-c2ccccc21. The Hall–Kier alpha value is -3.20. The second kappa shape index (κ2) is 7.14. The summed E-state index contributed by atoms with van der Waals surface area (Å²) >= 11 is 0. The summed E-state index contributed by atoms with van der Waals surface area (Å²) in [6.07, 6.45) is 6.52. The Balaban J connectivity index is 2.18. The molecule has 3 nitrogen and oxygen atoms in total. The molecule has 0 saturated carbocycles. The molecule has 1 aliphatic rings. The standard InChI is InChI=1S/C22H18O3/c1-15(23)9-3-8-14-21(25-16(2)24)22-19-12-6-4-10-17(19)18-11-5-7-13-20(18)22/h3-14H,1-2H3/b9-3-,14-8+. The lowest BCUT2D eigenvalue weighted by Gasteiger charge is -2.09. The number of allylic oxidation sites excluding steroid dienone is 4. The number of fused-ring (bicyclic) bond motifs is 3. The van der Waals surface area contributed by atoms with Crippen LogP contribution in [-0.2, 0) is 14.3 Å². The molecule has 3 heteroatoms. The molecule has 0 bridgehead atoms. The summed E-state index contributed by atoms with van der Waals surface area (Å²) in [6, 6.07) is 16.1. The molecule has 2 aromatic rings. The van der Waals surface area contributed by atoms with Gasteiger partial charge < -0.3 is 4.74 Å². The number of carbonyl (C=O) groups is 2. The molecule has 2 aromatic carbocycles. The molecule has 0 saturated heterocycles. The molecule has 3 rings (SSSR count). The quantitative estimate of drug-likeness (QED) is 0.302. The predicted octanol–water partition coefficient (Wildman–Crippen LogP) is 4.69. The molecule has 0 aromatic heterocycles. The van der Waals surface area contributed by atoms with Crippen molar-refractivity contribution in [1.82, 2.24) is 0 Å². The average molecular weight is 330 g/mol. The first-order valence-corrected chi connectivity index (χ1v) is 8.05. The minimum Gasteiger partial charge on any atom is -0.426 e. The summed E-state index contributed by atoms with van der Waals surface area (Å²) in [5.41, 5.74) is 5.17. The molecule has 0 radical (unpaired) electrons. The fourth-order valence-corrected chi connectivity index (χ4v) is 2.94. The van der Waals surface area contributed by atoms with Crippen molar-refractivity contribution in [2.75, 3.05) is 0 Å². The van der Waals surface area contributed by atoms with E-state index >= 15 is 0 Å². The number of esters is 1. The molecule has 0 heterocycles. The van der Waals surface area contributed by atoms with Gasteiger partial charge in [-0.3, -0.25) is 9.59 Å². The summed E-state index contributed by atoms with van der Waals surface area (Å²) in [4.78, 5) is 22.6. The maximum absolute atomic E-state index is 11.6. The molecule has 0 aliphatic heterocycles. The lowest BCUT2D eigenvalue weighted by atomic mass is 10.0. The predicted molar refractivity (Wildman–Crippen MR) is 98.6 cm³/mol. The van der Waals surface area contributed by atoms with Crippen LogP contribution in [0.3, 0.4) is 0 Å². The van der Waals surface area contributed by atoms with Gasteiger partial charge in [-0.15, -0.1) is 0 Å². The Kier molecular flexibility index (Phi) is 4.75. The minimum atomic E-state index is -0.385. The molecule has 0 spiro atoms. The fraction of sp³-hybridized carbons (Fsp3) is 0.0909. The van der Waals surface area contributed by atoms with Crippen molar-refractivity contribution in [3.05, 3.63) is 89.7 Å². The van der Waals surface area contributed by atoms with Gasteiger partial charge in [0, 0.05) is 12.5 Å². The van der Waals surface area contributed by atoms with Crippen molar-refractivity contribution < 1.29 is 14.3 Å². The van der Waals surface area contributed by atoms with E-state index in [-0.39, 0.29) is 11.8 Å². The third-order valence-corrected chi connectivity index (χ3v) is 3.87. The second-order valence-corrected chi connectivity index (χ2v) is 5.75. The number of benzene rings is 2. The van der Waals surface area contributed by atoms with Crippen LogP contribution in [0.5, 0.6) is 0 Å². The number of carbonyl (C=O) groups excluding carboxylic acids is 2. The van der Waals surface area contributed by atoms with E-state index in [1.807, 2.05) is 36.4 Å². The third-order valence-electron chi connectivity index (χ3n) is 3.87. The number of ketones is 1. The van der Waals surface area contributed by atoms with Crippen molar-refractivity contribution >= 4 is 17.3 Å². The van der Waals surface area contributed by atoms with Crippen LogP contribution >= 0.6 is 0 Å². The molecule has 0 N–H and O–H groups in total. The maximum Gasteiger partial charge on any atom is 0.308 e. The summed E-state index contributed by atoms with van der Waals surface area (Å²) < 4.78 is 5.49. The summed E-state index contributed by atoms with van der Waals surface area (Å²) in [5.74, 6) is 0.0468. The van der Waals surface area contributed by atoms with Crippen LogP contribution in [0.1, 0.15) is 25.0 Å². The molecule has 1 aliphatic carbocycles. The van der Waals surface area contributed by atoms with Gasteiger partial charge in [0.25, 0.3) is 0 Å². The van der Waals surface area contributed by atoms with Crippen molar-refractivity contribution in [3.63, 3.8) is 0 Å². The first kappa shape index (κ1) is 16.7. The topological polar surface area (TPSA) is 43.4 Å². The van der Waals surface area contributed by atoms with Crippen LogP contribution in [0.4, 0.5) is 0 Å². The normalized spacial score (nSPS) is 12.3. The zero-order valence-corrected chi connectivity index (χ0v) is 14.2. The summed E-state index contributed by atoms with van der Waals surface area (Å²) in [7, 11) is 0. The van der Waals surface area contributed by atoms with Crippen molar-refractivity contribution in [3.8, 4) is 11.1 Å². The highest BCUT2D eigenvalue weighted by Gasteiger charge is 2.26. The van der Waals surface area contributed by atoms with Gasteiger partial charge in [-0.2, -0.15) is 0 Å². The Morgan fingerprint density at radius 1 is 0.760 bits per heavy atom. The van der Waals surface area contributed by atoms with Crippen molar-refractivity contribution in [2.24, 2.45) is 0 Å². The first-order valence-electron chi connectivity index (χ1n) is 8.05. The lowest BCUT2D eigenvalue weighted by molar-refractivity contribution is -0.136. The number of ether oxygens (including phenoxy) is 1. The zero-order chi connectivity index (χ0) is 17.8. The van der Waals surface area contributed by atoms with Crippen LogP contribution in [0.25, 0.3) is 16.7 Å². The van der Waals surface area contributed by atoms with Gasteiger partial charge in [0.05, 0.1) is 0 Å². The lowest BCUT2D eigenvalue weighted by Crippen LogP contribution is -2.00. The van der Waals surface area contributed by atoms with E-state index in [0.717, 1.165) is 27.8 Å². The highest BCUT2D eigenvalue weighted by Crippen LogP contribution is 2.45. The monoisotopic (exact) mass is 330 g/mol. The Bertz CT molecular complexity index is 882. The van der Waals surface area contributed by atoms with Crippen LogP contribution in [-0.4, -0.2) is 11.8 Å². The molecule has 0 atom stereocenters. The van der Waals surface area contributed by atoms with Gasteiger partial charge in [0.2, 0.25) is 0 Å². The van der Waals surface area contributed by atoms with E-state index in [2.05, 4.69) is 12.1 Å². The van der Waals surface area contributed by atoms with Crippen molar-refractivity contribution in [2.45, 2.75) is 13.8 Å². The van der Waals surface area contributed by atoms with Crippen LogP contribution in [0.2, 0.25) is 0 Å². The van der Waals surface area contributed by atoms with Gasteiger partial charge in [0.1, 0.15) is 5.76 Å². The van der Waals surface area contributed by atoms with E-state index in [9.17, 15) is 9.59 Å². The fourth-order valence-electron chi connectivity index (χ4n) is 2.94. The highest BCUT2D eigenvalue weighted by molar-refractivity contribution is 6.02. The van der Waals surface area contributed by atoms with Gasteiger partial charge in [-0.25, -0.2) is 0 Å². The second-order valence-electron chi connectivity index (χ2n) is 5.75. The van der Waals surface area contributed by atoms with Crippen LogP contribution in [0.15, 0.2) is 78.6 Å². The smallest absolute Gasteiger partial charge is 0.308 e. The molecule has 0 unspecified atom stereocenters. The molecule has 0 amide bonds. The first-order chi connectivity index (χ1) is 12.1. The number of rotatable bonds is 4. The van der Waals surface area contributed by atoms with Gasteiger partial charge >= 0.3 is 5.97 Å². The van der Waals surface area contributed by atoms with Crippen molar-refractivity contribution in [1.29, 1.82) is 0 Å². The molecule has 0 fully saturated rings. The number of hydrogen-bond donors (Lipinski definition) is 0. The largest absolute Gasteiger partial charge is 0.426 e. The highest BCUT2D eigenvalue weighted by atomic mass is 16.5. The van der Waals surface area contributed by atoms with E-state index in [4.69, 9.17) is 4.74 Å². The van der Waals surface area contributed by atoms with Gasteiger partial charge in [0.15, 0.2) is 5.78 Å². The number of hydrogen-bond acceptors (Lipinski definition) is 3. The summed E-state index contributed by atoms with van der Waals surface area (Å²) in [5, 5.41) is 0. The Morgan fingerprint density at radius 3 is 1.72 bits per heavy atom. The van der Waals surface area contributed by atoms with E-state index < -0.39 is 0 Å². The average Bonchev–Trinajstić information content (AvgIpc) is 2.92. The Morgan fingerprint density at radius 2 is 1.24 bits per heavy atom. The van der Waals surface area contributed by atoms with Crippen LogP contribution in [0, 0.1) is 0 Å². The van der Waals surface area contributed by atoms with Crippen LogP contribution < -0.4 is 0 Å². The van der Waals surface area contributed by atoms with Gasteiger partial charge in [-0.05, 0) is 41.3 Å². The van der Waals surface area contributed by atoms with E-state index in [1.54, 1.807) is 18.2 Å². The van der Waals surface area contributed by atoms with E-state index in [1.165, 1.54) is 19.9 Å². The van der Waals surface area contributed by atoms with Gasteiger partial charge in [-0.1, -0.05) is 60.7 Å². The minimum absolute atomic E-state index is 0.0390.